The highest BCUT2D eigenvalue weighted by atomic mass is 15.6. The fourth-order valence-electron chi connectivity index (χ4n) is 1.79. The van der Waals surface area contributed by atoms with Crippen LogP contribution in [0.15, 0.2) is 18.7 Å². The third kappa shape index (κ3) is 2.31. The number of aromatic nitrogens is 2. The molecule has 84 valence electrons. The van der Waals surface area contributed by atoms with Crippen LogP contribution in [0.4, 0.5) is 0 Å². The molecule has 0 radical (unpaired) electrons. The molecule has 0 saturated carbocycles. The molecule has 1 fully saturated rings. The van der Waals surface area contributed by atoms with E-state index in [9.17, 15) is 0 Å². The summed E-state index contributed by atoms with van der Waals surface area (Å²) in [6.45, 7) is 11.0. The monoisotopic (exact) mass is 209 g/mol. The average Bonchev–Trinajstić information content (AvgIpc) is 2.67. The minimum atomic E-state index is 0.166. The predicted octanol–water partition coefficient (Wildman–Crippen LogP) is 0.0718. The molecule has 0 bridgehead atoms. The lowest BCUT2D eigenvalue weighted by Gasteiger charge is -2.25. The van der Waals surface area contributed by atoms with E-state index in [1.54, 1.807) is 0 Å². The molecule has 0 unspecified atom stereocenters. The minimum Gasteiger partial charge on any atom is -0.313 e. The van der Waals surface area contributed by atoms with Crippen molar-refractivity contribution in [3.05, 3.63) is 18.7 Å². The van der Waals surface area contributed by atoms with Crippen LogP contribution in [-0.4, -0.2) is 30.9 Å². The molecule has 0 spiro atoms. The van der Waals surface area contributed by atoms with Gasteiger partial charge < -0.3 is 5.32 Å². The Balaban J connectivity index is 2.12. The number of nitrogens with zero attached hydrogens (tertiary/aromatic N) is 3. The summed E-state index contributed by atoms with van der Waals surface area (Å²) in [4.78, 5) is 0. The van der Waals surface area contributed by atoms with Gasteiger partial charge in [-0.2, -0.15) is 0 Å². The van der Waals surface area contributed by atoms with E-state index in [2.05, 4.69) is 59.1 Å². The summed E-state index contributed by atoms with van der Waals surface area (Å²) in [5.74, 6) is 0. The van der Waals surface area contributed by atoms with E-state index in [4.69, 9.17) is 0 Å². The summed E-state index contributed by atoms with van der Waals surface area (Å²) in [5, 5.41) is 5.72. The minimum absolute atomic E-state index is 0.166. The van der Waals surface area contributed by atoms with Crippen molar-refractivity contribution in [1.29, 1.82) is 0 Å². The Labute approximate surface area is 91.5 Å². The fraction of sp³-hybridized carbons (Fsp3) is 0.727. The van der Waals surface area contributed by atoms with Crippen LogP contribution in [-0.2, 0) is 5.54 Å². The van der Waals surface area contributed by atoms with E-state index >= 15 is 0 Å². The Morgan fingerprint density at radius 2 is 1.87 bits per heavy atom. The zero-order chi connectivity index (χ0) is 10.9. The summed E-state index contributed by atoms with van der Waals surface area (Å²) >= 11 is 0. The lowest BCUT2D eigenvalue weighted by Crippen LogP contribution is -2.51. The maximum Gasteiger partial charge on any atom is 0.267 e. The van der Waals surface area contributed by atoms with Crippen LogP contribution in [0.3, 0.4) is 0 Å². The first kappa shape index (κ1) is 10.5. The molecule has 0 aromatic carbocycles. The summed E-state index contributed by atoms with van der Waals surface area (Å²) in [6, 6.07) is 0. The molecule has 1 saturated heterocycles. The van der Waals surface area contributed by atoms with Gasteiger partial charge in [0, 0.05) is 13.1 Å². The molecule has 2 rings (SSSR count). The van der Waals surface area contributed by atoms with Crippen molar-refractivity contribution >= 4 is 0 Å². The van der Waals surface area contributed by atoms with Gasteiger partial charge in [0.15, 0.2) is 6.20 Å². The second kappa shape index (κ2) is 3.85. The average molecular weight is 209 g/mol. The first-order valence-electron chi connectivity index (χ1n) is 5.63. The van der Waals surface area contributed by atoms with Crippen molar-refractivity contribution in [1.82, 2.24) is 9.99 Å². The molecule has 0 aliphatic carbocycles. The van der Waals surface area contributed by atoms with Gasteiger partial charge in [0.05, 0.1) is 13.1 Å². The van der Waals surface area contributed by atoms with Crippen molar-refractivity contribution in [2.75, 3.05) is 31.2 Å². The molecule has 2 heterocycles. The molecule has 1 aromatic heterocycles. The predicted molar refractivity (Wildman–Crippen MR) is 60.4 cm³/mol. The van der Waals surface area contributed by atoms with Crippen LogP contribution in [0.2, 0.25) is 0 Å². The van der Waals surface area contributed by atoms with Gasteiger partial charge in [0.1, 0.15) is 11.7 Å². The van der Waals surface area contributed by atoms with Crippen LogP contribution in [0.25, 0.3) is 0 Å². The first-order chi connectivity index (χ1) is 7.07. The zero-order valence-corrected chi connectivity index (χ0v) is 9.90. The topological polar surface area (TPSA) is 24.1 Å². The van der Waals surface area contributed by atoms with Crippen LogP contribution >= 0.6 is 0 Å². The van der Waals surface area contributed by atoms with Crippen molar-refractivity contribution in [3.8, 4) is 0 Å². The molecule has 1 aliphatic heterocycles. The van der Waals surface area contributed by atoms with Crippen LogP contribution in [0, 0.1) is 0 Å². The standard InChI is InChI=1S/C11H21N4/c1-11(2,3)13-8-9-15(10-13)14-6-4-12-5-7-14/h8-10,12H,4-7H2,1-3H3/q+1. The van der Waals surface area contributed by atoms with Gasteiger partial charge in [-0.15, -0.1) is 4.68 Å². The summed E-state index contributed by atoms with van der Waals surface area (Å²) in [5.41, 5.74) is 0.166. The SMILES string of the molecule is CC(C)(C)[n+]1ccn(N2CCNCC2)c1. The van der Waals surface area contributed by atoms with E-state index in [0.717, 1.165) is 26.2 Å². The summed E-state index contributed by atoms with van der Waals surface area (Å²) in [7, 11) is 0. The molecule has 4 nitrogen and oxygen atoms in total. The Morgan fingerprint density at radius 1 is 1.20 bits per heavy atom. The molecule has 1 aliphatic rings. The lowest BCUT2D eigenvalue weighted by molar-refractivity contribution is -0.753. The Kier molecular flexibility index (Phi) is 2.69. The smallest absolute Gasteiger partial charge is 0.267 e. The molecule has 4 heteroatoms. The van der Waals surface area contributed by atoms with Crippen molar-refractivity contribution in [3.63, 3.8) is 0 Å². The first-order valence-corrected chi connectivity index (χ1v) is 5.63. The van der Waals surface area contributed by atoms with Crippen molar-refractivity contribution in [2.45, 2.75) is 26.3 Å². The normalized spacial score (nSPS) is 18.2. The van der Waals surface area contributed by atoms with Crippen molar-refractivity contribution in [2.24, 2.45) is 0 Å². The second-order valence-electron chi connectivity index (χ2n) is 5.08. The van der Waals surface area contributed by atoms with Crippen LogP contribution in [0.5, 0.6) is 0 Å². The summed E-state index contributed by atoms with van der Waals surface area (Å²) in [6.07, 6.45) is 6.45. The van der Waals surface area contributed by atoms with E-state index < -0.39 is 0 Å². The van der Waals surface area contributed by atoms with Gasteiger partial charge in [-0.1, -0.05) is 0 Å². The molecule has 1 N–H and O–H groups in total. The number of rotatable bonds is 1. The molecule has 15 heavy (non-hydrogen) atoms. The Morgan fingerprint density at radius 3 is 2.40 bits per heavy atom. The Bertz CT molecular complexity index is 318. The van der Waals surface area contributed by atoms with Crippen molar-refractivity contribution < 1.29 is 4.57 Å². The quantitative estimate of drug-likeness (QED) is 0.662. The lowest BCUT2D eigenvalue weighted by atomic mass is 10.1. The molecule has 0 atom stereocenters. The highest BCUT2D eigenvalue weighted by molar-refractivity contribution is 4.90. The van der Waals surface area contributed by atoms with E-state index in [-0.39, 0.29) is 5.54 Å². The molecular weight excluding hydrogens is 188 g/mol. The van der Waals surface area contributed by atoms with Gasteiger partial charge in [0.2, 0.25) is 0 Å². The maximum absolute atomic E-state index is 3.36. The van der Waals surface area contributed by atoms with E-state index in [1.807, 2.05) is 0 Å². The Hall–Kier alpha value is -1.03. The van der Waals surface area contributed by atoms with Crippen LogP contribution < -0.4 is 14.9 Å². The zero-order valence-electron chi connectivity index (χ0n) is 9.90. The van der Waals surface area contributed by atoms with Crippen LogP contribution in [0.1, 0.15) is 20.8 Å². The third-order valence-electron chi connectivity index (χ3n) is 2.82. The molecule has 1 aromatic rings. The van der Waals surface area contributed by atoms with Gasteiger partial charge in [-0.3, -0.25) is 0 Å². The van der Waals surface area contributed by atoms with Gasteiger partial charge >= 0.3 is 0 Å². The second-order valence-corrected chi connectivity index (χ2v) is 5.08. The maximum atomic E-state index is 3.36. The molecule has 0 amide bonds. The highest BCUT2D eigenvalue weighted by Gasteiger charge is 2.21. The summed E-state index contributed by atoms with van der Waals surface area (Å²) < 4.78 is 4.45. The number of piperazine rings is 1. The van der Waals surface area contributed by atoms with E-state index in [0.29, 0.717) is 0 Å². The van der Waals surface area contributed by atoms with Gasteiger partial charge in [0.25, 0.3) is 6.33 Å². The number of hydrogen-bond donors (Lipinski definition) is 1. The number of imidazole rings is 1. The number of hydrogen-bond acceptors (Lipinski definition) is 2. The fourth-order valence-corrected chi connectivity index (χ4v) is 1.79. The third-order valence-corrected chi connectivity index (χ3v) is 2.82. The van der Waals surface area contributed by atoms with E-state index in [1.165, 1.54) is 0 Å². The largest absolute Gasteiger partial charge is 0.313 e. The van der Waals surface area contributed by atoms with Gasteiger partial charge in [-0.05, 0) is 20.8 Å². The number of nitrogens with one attached hydrogen (secondary N) is 1. The van der Waals surface area contributed by atoms with Gasteiger partial charge in [-0.25, -0.2) is 9.58 Å². The molecular formula is C11H21N4+. The highest BCUT2D eigenvalue weighted by Crippen LogP contribution is 2.03.